The zero-order chi connectivity index (χ0) is 24.5. The molecule has 0 bridgehead atoms. The Bertz CT molecular complexity index is 1410. The Kier molecular flexibility index (Phi) is 6.30. The number of hydrogen-bond donors (Lipinski definition) is 0. The molecule has 1 heterocycles. The molecule has 3 aromatic rings. The van der Waals surface area contributed by atoms with Gasteiger partial charge in [0.05, 0.1) is 11.5 Å². The minimum absolute atomic E-state index is 0.0112. The van der Waals surface area contributed by atoms with Gasteiger partial charge in [-0.15, -0.1) is 0 Å². The van der Waals surface area contributed by atoms with Crippen molar-refractivity contribution < 1.29 is 32.2 Å². The Hall–Kier alpha value is -3.85. The van der Waals surface area contributed by atoms with Crippen molar-refractivity contribution in [1.82, 2.24) is 4.31 Å². The molecule has 8 nitrogen and oxygen atoms in total. The summed E-state index contributed by atoms with van der Waals surface area (Å²) < 4.78 is 43.1. The van der Waals surface area contributed by atoms with Crippen LogP contribution in [0.3, 0.4) is 0 Å². The van der Waals surface area contributed by atoms with Crippen LogP contribution < -0.4 is 0 Å². The van der Waals surface area contributed by atoms with E-state index in [1.807, 2.05) is 24.3 Å². The minimum atomic E-state index is -4.02. The molecule has 0 amide bonds. The molecule has 0 saturated heterocycles. The predicted octanol–water partition coefficient (Wildman–Crippen LogP) is 4.56. The van der Waals surface area contributed by atoms with E-state index < -0.39 is 28.3 Å². The maximum absolute atomic E-state index is 13.7. The van der Waals surface area contributed by atoms with Gasteiger partial charge < -0.3 is 14.2 Å². The van der Waals surface area contributed by atoms with Crippen LogP contribution in [0.2, 0.25) is 0 Å². The first-order valence-electron chi connectivity index (χ1n) is 10.6. The van der Waals surface area contributed by atoms with Gasteiger partial charge in [-0.2, -0.15) is 0 Å². The van der Waals surface area contributed by atoms with Crippen LogP contribution in [0, 0.1) is 0 Å². The van der Waals surface area contributed by atoms with E-state index in [4.69, 9.17) is 14.2 Å². The van der Waals surface area contributed by atoms with Crippen LogP contribution in [-0.2, 0) is 24.2 Å². The number of carbonyl (C=O) groups excluding carboxylic acids is 2. The van der Waals surface area contributed by atoms with E-state index in [1.54, 1.807) is 43.3 Å². The second-order valence-corrected chi connectivity index (χ2v) is 9.46. The number of benzene rings is 3. The summed E-state index contributed by atoms with van der Waals surface area (Å²) in [7, 11) is -2.73. The van der Waals surface area contributed by atoms with E-state index in [2.05, 4.69) is 0 Å². The van der Waals surface area contributed by atoms with Gasteiger partial charge in [-0.3, -0.25) is 9.10 Å². The van der Waals surface area contributed by atoms with Gasteiger partial charge in [0.1, 0.15) is 5.70 Å². The standard InChI is InChI=1S/C25H23NO7S/c1-4-31-25(28)33-16(2)32-24-20-11-7-8-12-21(20)34(29,30)26(3)22(24)23(27)19-14-13-17-9-5-6-10-18(17)15-19/h5-16H,4H2,1-3H3. The van der Waals surface area contributed by atoms with Gasteiger partial charge in [0.15, 0.2) is 5.76 Å². The Morgan fingerprint density at radius 1 is 0.971 bits per heavy atom. The van der Waals surface area contributed by atoms with E-state index in [0.29, 0.717) is 0 Å². The summed E-state index contributed by atoms with van der Waals surface area (Å²) in [6.45, 7) is 3.20. The Labute approximate surface area is 197 Å². The topological polar surface area (TPSA) is 99.2 Å². The van der Waals surface area contributed by atoms with Gasteiger partial charge in [-0.05, 0) is 35.9 Å². The SMILES string of the molecule is CCOC(=O)OC(C)OC1=C(C(=O)c2ccc3ccccc3c2)N(C)S(=O)(=O)c2ccccc21. The molecule has 1 unspecified atom stereocenters. The van der Waals surface area contributed by atoms with Crippen LogP contribution in [0.25, 0.3) is 16.5 Å². The largest absolute Gasteiger partial charge is 0.511 e. The number of nitrogens with zero attached hydrogens (tertiary/aromatic N) is 1. The van der Waals surface area contributed by atoms with E-state index in [1.165, 1.54) is 20.0 Å². The van der Waals surface area contributed by atoms with Crippen LogP contribution >= 0.6 is 0 Å². The lowest BCUT2D eigenvalue weighted by Gasteiger charge is -2.31. The summed E-state index contributed by atoms with van der Waals surface area (Å²) >= 11 is 0. The summed E-state index contributed by atoms with van der Waals surface area (Å²) in [5.41, 5.74) is 0.299. The highest BCUT2D eigenvalue weighted by Gasteiger charge is 2.39. The van der Waals surface area contributed by atoms with E-state index in [0.717, 1.165) is 15.1 Å². The lowest BCUT2D eigenvalue weighted by molar-refractivity contribution is -0.0669. The third kappa shape index (κ3) is 4.22. The van der Waals surface area contributed by atoms with Crippen LogP contribution in [0.15, 0.2) is 77.3 Å². The number of sulfonamides is 1. The first-order valence-corrected chi connectivity index (χ1v) is 12.0. The highest BCUT2D eigenvalue weighted by molar-refractivity contribution is 7.89. The maximum Gasteiger partial charge on any atom is 0.511 e. The molecule has 1 aliphatic rings. The number of rotatable bonds is 6. The summed E-state index contributed by atoms with van der Waals surface area (Å²) in [4.78, 5) is 25.4. The number of ether oxygens (including phenoxy) is 3. The van der Waals surface area contributed by atoms with Crippen molar-refractivity contribution in [2.24, 2.45) is 0 Å². The van der Waals surface area contributed by atoms with Crippen LogP contribution in [0.1, 0.15) is 29.8 Å². The van der Waals surface area contributed by atoms with Gasteiger partial charge in [0.25, 0.3) is 10.0 Å². The quantitative estimate of drug-likeness (QED) is 0.289. The molecule has 34 heavy (non-hydrogen) atoms. The summed E-state index contributed by atoms with van der Waals surface area (Å²) in [6.07, 6.45) is -2.10. The highest BCUT2D eigenvalue weighted by Crippen LogP contribution is 2.38. The third-order valence-corrected chi connectivity index (χ3v) is 7.15. The van der Waals surface area contributed by atoms with Gasteiger partial charge in [0.2, 0.25) is 12.1 Å². The fourth-order valence-electron chi connectivity index (χ4n) is 3.73. The van der Waals surface area contributed by atoms with Crippen molar-refractivity contribution in [1.29, 1.82) is 0 Å². The second-order valence-electron chi connectivity index (χ2n) is 7.52. The molecule has 0 aromatic heterocycles. The second kappa shape index (κ2) is 9.18. The zero-order valence-corrected chi connectivity index (χ0v) is 19.7. The molecular formula is C25H23NO7S. The Balaban J connectivity index is 1.85. The number of Topliss-reactive ketones (excluding diaryl/α,β-unsaturated/α-hetero) is 1. The molecule has 0 aliphatic carbocycles. The zero-order valence-electron chi connectivity index (χ0n) is 18.8. The molecule has 0 spiro atoms. The van der Waals surface area contributed by atoms with Crippen molar-refractivity contribution >= 4 is 38.5 Å². The number of likely N-dealkylation sites (N-methyl/N-ethyl adjacent to an activating group) is 1. The van der Waals surface area contributed by atoms with Crippen LogP contribution in [0.4, 0.5) is 4.79 Å². The fourth-order valence-corrected chi connectivity index (χ4v) is 5.12. The summed E-state index contributed by atoms with van der Waals surface area (Å²) in [6, 6.07) is 18.8. The van der Waals surface area contributed by atoms with Gasteiger partial charge in [0, 0.05) is 25.1 Å². The average molecular weight is 482 g/mol. The van der Waals surface area contributed by atoms with Crippen LogP contribution in [0.5, 0.6) is 0 Å². The third-order valence-electron chi connectivity index (χ3n) is 5.34. The number of allylic oxidation sites excluding steroid dienone is 1. The molecule has 4 rings (SSSR count). The molecule has 0 radical (unpaired) electrons. The molecule has 0 fully saturated rings. The number of fused-ring (bicyclic) bond motifs is 2. The lowest BCUT2D eigenvalue weighted by Crippen LogP contribution is -2.36. The number of ketones is 1. The van der Waals surface area contributed by atoms with E-state index >= 15 is 0 Å². The van der Waals surface area contributed by atoms with Crippen molar-refractivity contribution in [3.05, 3.63) is 83.6 Å². The highest BCUT2D eigenvalue weighted by atomic mass is 32.2. The monoisotopic (exact) mass is 481 g/mol. The Morgan fingerprint density at radius 2 is 1.65 bits per heavy atom. The molecule has 176 valence electrons. The molecule has 3 aromatic carbocycles. The normalized spacial score (nSPS) is 15.4. The number of carbonyl (C=O) groups is 2. The number of hydrogen-bond acceptors (Lipinski definition) is 7. The van der Waals surface area contributed by atoms with E-state index in [9.17, 15) is 18.0 Å². The van der Waals surface area contributed by atoms with E-state index in [-0.39, 0.29) is 34.1 Å². The van der Waals surface area contributed by atoms with Crippen LogP contribution in [-0.4, -0.2) is 44.6 Å². The summed E-state index contributed by atoms with van der Waals surface area (Å²) in [5, 5.41) is 1.77. The minimum Gasteiger partial charge on any atom is -0.452 e. The molecule has 0 N–H and O–H groups in total. The average Bonchev–Trinajstić information content (AvgIpc) is 2.82. The summed E-state index contributed by atoms with van der Waals surface area (Å²) in [5.74, 6) is -0.562. The molecule has 0 saturated carbocycles. The first kappa shape index (κ1) is 23.3. The molecule has 1 aliphatic heterocycles. The van der Waals surface area contributed by atoms with Crippen molar-refractivity contribution in [3.8, 4) is 0 Å². The van der Waals surface area contributed by atoms with Gasteiger partial charge in [-0.25, -0.2) is 13.2 Å². The molecule has 1 atom stereocenters. The van der Waals surface area contributed by atoms with Crippen molar-refractivity contribution in [2.45, 2.75) is 25.0 Å². The van der Waals surface area contributed by atoms with Crippen molar-refractivity contribution in [3.63, 3.8) is 0 Å². The lowest BCUT2D eigenvalue weighted by atomic mass is 10.0. The fraction of sp³-hybridized carbons (Fsp3) is 0.200. The Morgan fingerprint density at radius 3 is 2.38 bits per heavy atom. The van der Waals surface area contributed by atoms with Gasteiger partial charge in [-0.1, -0.05) is 48.5 Å². The van der Waals surface area contributed by atoms with Gasteiger partial charge >= 0.3 is 6.16 Å². The predicted molar refractivity (Wildman–Crippen MR) is 125 cm³/mol. The van der Waals surface area contributed by atoms with Crippen molar-refractivity contribution in [2.75, 3.05) is 13.7 Å². The molecular weight excluding hydrogens is 458 g/mol. The first-order chi connectivity index (χ1) is 16.2. The molecule has 9 heteroatoms. The maximum atomic E-state index is 13.7. The smallest absolute Gasteiger partial charge is 0.452 e.